The van der Waals surface area contributed by atoms with E-state index >= 15 is 0 Å². The van der Waals surface area contributed by atoms with Crippen LogP contribution in [0.15, 0.2) is 23.0 Å². The summed E-state index contributed by atoms with van der Waals surface area (Å²) in [7, 11) is 0. The molecular weight excluding hydrogens is 232 g/mol. The Hall–Kier alpha value is -2.04. The molecule has 0 spiro atoms. The first-order valence-corrected chi connectivity index (χ1v) is 6.08. The minimum Gasteiger partial charge on any atom is -0.481 e. The Kier molecular flexibility index (Phi) is 3.82. The summed E-state index contributed by atoms with van der Waals surface area (Å²) in [6, 6.07) is 5.84. The van der Waals surface area contributed by atoms with Crippen LogP contribution in [0.3, 0.4) is 0 Å². The van der Waals surface area contributed by atoms with Gasteiger partial charge in [-0.3, -0.25) is 4.79 Å². The van der Waals surface area contributed by atoms with Crippen LogP contribution >= 0.6 is 0 Å². The van der Waals surface area contributed by atoms with Gasteiger partial charge in [-0.15, -0.1) is 0 Å². The van der Waals surface area contributed by atoms with Crippen molar-refractivity contribution in [1.82, 2.24) is 9.97 Å². The number of hydrogen-bond acceptors (Lipinski definition) is 2. The van der Waals surface area contributed by atoms with Crippen molar-refractivity contribution in [2.24, 2.45) is 0 Å². The van der Waals surface area contributed by atoms with Gasteiger partial charge in [-0.2, -0.15) is 0 Å². The highest BCUT2D eigenvalue weighted by Gasteiger charge is 2.01. The fourth-order valence-electron chi connectivity index (χ4n) is 2.02. The quantitative estimate of drug-likeness (QED) is 0.684. The number of carboxylic acid groups (broad SMARTS) is 1. The van der Waals surface area contributed by atoms with Gasteiger partial charge in [-0.25, -0.2) is 4.79 Å². The molecular formula is C13H16N2O3. The van der Waals surface area contributed by atoms with Crippen molar-refractivity contribution in [3.05, 3.63) is 34.2 Å². The van der Waals surface area contributed by atoms with Gasteiger partial charge in [-0.05, 0) is 37.0 Å². The smallest absolute Gasteiger partial charge is 0.323 e. The van der Waals surface area contributed by atoms with E-state index < -0.39 is 5.97 Å². The first-order valence-electron chi connectivity index (χ1n) is 6.08. The topological polar surface area (TPSA) is 85.9 Å². The van der Waals surface area contributed by atoms with Crippen LogP contribution in [0.2, 0.25) is 0 Å². The van der Waals surface area contributed by atoms with E-state index in [4.69, 9.17) is 5.11 Å². The third kappa shape index (κ3) is 3.23. The summed E-state index contributed by atoms with van der Waals surface area (Å²) in [5, 5.41) is 8.51. The van der Waals surface area contributed by atoms with E-state index in [2.05, 4.69) is 9.97 Å². The molecule has 18 heavy (non-hydrogen) atoms. The summed E-state index contributed by atoms with van der Waals surface area (Å²) in [5.41, 5.74) is 2.61. The molecule has 0 fully saturated rings. The minimum atomic E-state index is -0.735. The lowest BCUT2D eigenvalue weighted by molar-refractivity contribution is -0.137. The zero-order valence-electron chi connectivity index (χ0n) is 10.0. The Morgan fingerprint density at radius 2 is 1.89 bits per heavy atom. The number of unbranched alkanes of at least 4 members (excludes halogenated alkanes) is 2. The molecule has 0 aliphatic carbocycles. The molecule has 5 nitrogen and oxygen atoms in total. The standard InChI is InChI=1S/C13H16N2O3/c16-12(17)5-3-1-2-4-9-6-7-10-11(8-9)15-13(18)14-10/h6-8H,1-5H2,(H,16,17)(H2,14,15,18). The molecule has 96 valence electrons. The number of aromatic nitrogens is 2. The number of H-pyrrole nitrogens is 2. The van der Waals surface area contributed by atoms with Gasteiger partial charge in [0.15, 0.2) is 0 Å². The molecule has 0 saturated carbocycles. The molecule has 0 aliphatic rings. The highest BCUT2D eigenvalue weighted by Crippen LogP contribution is 2.13. The number of aromatic amines is 2. The fraction of sp³-hybridized carbons (Fsp3) is 0.385. The first kappa shape index (κ1) is 12.4. The van der Waals surface area contributed by atoms with Crippen LogP contribution < -0.4 is 5.69 Å². The fourth-order valence-corrected chi connectivity index (χ4v) is 2.02. The molecule has 0 aliphatic heterocycles. The van der Waals surface area contributed by atoms with E-state index in [0.29, 0.717) is 0 Å². The van der Waals surface area contributed by atoms with Gasteiger partial charge in [-0.1, -0.05) is 12.5 Å². The maximum absolute atomic E-state index is 11.1. The van der Waals surface area contributed by atoms with Crippen LogP contribution in [-0.2, 0) is 11.2 Å². The normalized spacial score (nSPS) is 10.9. The maximum Gasteiger partial charge on any atom is 0.323 e. The van der Waals surface area contributed by atoms with Crippen LogP contribution in [0.4, 0.5) is 0 Å². The van der Waals surface area contributed by atoms with Crippen LogP contribution in [0, 0.1) is 0 Å². The van der Waals surface area contributed by atoms with Gasteiger partial charge in [0.25, 0.3) is 0 Å². The van der Waals surface area contributed by atoms with Gasteiger partial charge in [0.05, 0.1) is 11.0 Å². The van der Waals surface area contributed by atoms with Crippen LogP contribution in [-0.4, -0.2) is 21.0 Å². The molecule has 0 bridgehead atoms. The van der Waals surface area contributed by atoms with Crippen molar-refractivity contribution in [2.45, 2.75) is 32.1 Å². The number of imidazole rings is 1. The maximum atomic E-state index is 11.1. The monoisotopic (exact) mass is 248 g/mol. The predicted octanol–water partition coefficient (Wildman–Crippen LogP) is 2.04. The molecule has 3 N–H and O–H groups in total. The Morgan fingerprint density at radius 1 is 1.11 bits per heavy atom. The molecule has 0 unspecified atom stereocenters. The molecule has 0 atom stereocenters. The lowest BCUT2D eigenvalue weighted by Gasteiger charge is -2.01. The number of rotatable bonds is 6. The molecule has 0 radical (unpaired) electrons. The Balaban J connectivity index is 1.87. The molecule has 0 amide bonds. The predicted molar refractivity (Wildman–Crippen MR) is 68.7 cm³/mol. The molecule has 1 aromatic heterocycles. The largest absolute Gasteiger partial charge is 0.481 e. The third-order valence-corrected chi connectivity index (χ3v) is 2.94. The number of fused-ring (bicyclic) bond motifs is 1. The summed E-state index contributed by atoms with van der Waals surface area (Å²) >= 11 is 0. The highest BCUT2D eigenvalue weighted by atomic mass is 16.4. The first-order chi connectivity index (χ1) is 8.65. The number of aliphatic carboxylic acids is 1. The van der Waals surface area contributed by atoms with Crippen LogP contribution in [0.1, 0.15) is 31.2 Å². The van der Waals surface area contributed by atoms with Crippen molar-refractivity contribution < 1.29 is 9.90 Å². The molecule has 1 heterocycles. The van der Waals surface area contributed by atoms with E-state index in [-0.39, 0.29) is 12.1 Å². The van der Waals surface area contributed by atoms with E-state index in [0.717, 1.165) is 42.3 Å². The number of carbonyl (C=O) groups is 1. The second-order valence-corrected chi connectivity index (χ2v) is 4.41. The summed E-state index contributed by atoms with van der Waals surface area (Å²) in [6.07, 6.45) is 3.74. The van der Waals surface area contributed by atoms with Gasteiger partial charge >= 0.3 is 11.7 Å². The third-order valence-electron chi connectivity index (χ3n) is 2.94. The Morgan fingerprint density at radius 3 is 2.67 bits per heavy atom. The Labute approximate surface area is 104 Å². The van der Waals surface area contributed by atoms with Crippen molar-refractivity contribution >= 4 is 17.0 Å². The SMILES string of the molecule is O=C(O)CCCCCc1ccc2[nH]c(=O)[nH]c2c1. The molecule has 1 aromatic carbocycles. The molecule has 2 aromatic rings. The van der Waals surface area contributed by atoms with Crippen molar-refractivity contribution in [3.63, 3.8) is 0 Å². The van der Waals surface area contributed by atoms with E-state index in [1.54, 1.807) is 0 Å². The second kappa shape index (κ2) is 5.53. The van der Waals surface area contributed by atoms with Crippen molar-refractivity contribution in [3.8, 4) is 0 Å². The van der Waals surface area contributed by atoms with Gasteiger partial charge < -0.3 is 15.1 Å². The molecule has 0 saturated heterocycles. The lowest BCUT2D eigenvalue weighted by atomic mass is 10.1. The number of aryl methyl sites for hydroxylation is 1. The zero-order chi connectivity index (χ0) is 13.0. The van der Waals surface area contributed by atoms with E-state index in [9.17, 15) is 9.59 Å². The minimum absolute atomic E-state index is 0.191. The number of benzene rings is 1. The number of nitrogens with one attached hydrogen (secondary N) is 2. The highest BCUT2D eigenvalue weighted by molar-refractivity contribution is 5.75. The lowest BCUT2D eigenvalue weighted by Crippen LogP contribution is -1.99. The average molecular weight is 248 g/mol. The average Bonchev–Trinajstić information content (AvgIpc) is 2.67. The van der Waals surface area contributed by atoms with Crippen LogP contribution in [0.25, 0.3) is 11.0 Å². The summed E-state index contributed by atoms with van der Waals surface area (Å²) in [4.78, 5) is 26.9. The summed E-state index contributed by atoms with van der Waals surface area (Å²) < 4.78 is 0. The van der Waals surface area contributed by atoms with Crippen LogP contribution in [0.5, 0.6) is 0 Å². The molecule has 2 rings (SSSR count). The second-order valence-electron chi connectivity index (χ2n) is 4.41. The zero-order valence-corrected chi connectivity index (χ0v) is 10.0. The Bertz CT molecular complexity index is 598. The van der Waals surface area contributed by atoms with Gasteiger partial charge in [0, 0.05) is 6.42 Å². The molecule has 5 heteroatoms. The van der Waals surface area contributed by atoms with E-state index in [1.807, 2.05) is 18.2 Å². The van der Waals surface area contributed by atoms with Gasteiger partial charge in [0.1, 0.15) is 0 Å². The van der Waals surface area contributed by atoms with Gasteiger partial charge in [0.2, 0.25) is 0 Å². The van der Waals surface area contributed by atoms with E-state index in [1.165, 1.54) is 0 Å². The number of hydrogen-bond donors (Lipinski definition) is 3. The summed E-state index contributed by atoms with van der Waals surface area (Å²) in [6.45, 7) is 0. The van der Waals surface area contributed by atoms with Crippen molar-refractivity contribution in [2.75, 3.05) is 0 Å². The number of carboxylic acids is 1. The van der Waals surface area contributed by atoms with Crippen molar-refractivity contribution in [1.29, 1.82) is 0 Å². The summed E-state index contributed by atoms with van der Waals surface area (Å²) in [5.74, 6) is -0.735.